The summed E-state index contributed by atoms with van der Waals surface area (Å²) in [4.78, 5) is 28.7. The lowest BCUT2D eigenvalue weighted by Gasteiger charge is -2.27. The molecule has 1 aliphatic rings. The van der Waals surface area contributed by atoms with Gasteiger partial charge in [0.25, 0.3) is 0 Å². The van der Waals surface area contributed by atoms with Gasteiger partial charge < -0.3 is 15.1 Å². The molecule has 1 aromatic heterocycles. The molecule has 2 N–H and O–H groups in total. The van der Waals surface area contributed by atoms with E-state index in [1.165, 1.54) is 0 Å². The monoisotopic (exact) mass is 382 g/mol. The third-order valence-corrected chi connectivity index (χ3v) is 5.56. The van der Waals surface area contributed by atoms with Crippen molar-refractivity contribution in [3.05, 3.63) is 34.8 Å². The van der Waals surface area contributed by atoms with Crippen molar-refractivity contribution in [2.45, 2.75) is 64.5 Å². The summed E-state index contributed by atoms with van der Waals surface area (Å²) in [7, 11) is 0. The molecule has 2 aromatic rings. The van der Waals surface area contributed by atoms with E-state index < -0.39 is 17.3 Å². The number of nitrogens with one attached hydrogen (secondary N) is 2. The number of nitriles is 1. The van der Waals surface area contributed by atoms with E-state index >= 15 is 0 Å². The van der Waals surface area contributed by atoms with Gasteiger partial charge in [-0.15, -0.1) is 0 Å². The van der Waals surface area contributed by atoms with Crippen molar-refractivity contribution < 1.29 is 9.21 Å². The van der Waals surface area contributed by atoms with Gasteiger partial charge in [-0.3, -0.25) is 4.79 Å². The Morgan fingerprint density at radius 2 is 2.11 bits per heavy atom. The van der Waals surface area contributed by atoms with Crippen LogP contribution in [-0.2, 0) is 4.79 Å². The standard InChI is InChI=1S/C21H26N4O3/c1-4-20(2,3)10-9-15(18(26)25-21(13-22)11-12-21)23-17-14-7-5-6-8-16(14)28-19(27)24-17/h5-8,15H,4,9-12H2,1-3H3,(H,25,26)(H,23,24,27). The number of aromatic nitrogens is 1. The lowest BCUT2D eigenvalue weighted by molar-refractivity contribution is -0.122. The predicted octanol–water partition coefficient (Wildman–Crippen LogP) is 3.36. The van der Waals surface area contributed by atoms with Crippen LogP contribution in [-0.4, -0.2) is 22.5 Å². The summed E-state index contributed by atoms with van der Waals surface area (Å²) in [5.74, 6) is -0.641. The summed E-state index contributed by atoms with van der Waals surface area (Å²) < 4.78 is 5.13. The molecule has 1 atom stereocenters. The number of carbonyl (C=O) groups excluding carboxylic acids is 1. The number of hydrogen-bond acceptors (Lipinski definition) is 6. The average Bonchev–Trinajstić information content (AvgIpc) is 3.44. The molecule has 1 saturated carbocycles. The smallest absolute Gasteiger partial charge is 0.408 e. The van der Waals surface area contributed by atoms with E-state index in [0.717, 1.165) is 12.8 Å². The zero-order valence-corrected chi connectivity index (χ0v) is 16.5. The van der Waals surface area contributed by atoms with Crippen LogP contribution in [0.1, 0.15) is 52.9 Å². The van der Waals surface area contributed by atoms with E-state index in [1.807, 2.05) is 6.07 Å². The third-order valence-electron chi connectivity index (χ3n) is 5.56. The Labute approximate surface area is 164 Å². The molecular weight excluding hydrogens is 356 g/mol. The van der Waals surface area contributed by atoms with Gasteiger partial charge in [0, 0.05) is 0 Å². The maximum atomic E-state index is 12.9. The second-order valence-electron chi connectivity index (χ2n) is 8.26. The van der Waals surface area contributed by atoms with E-state index in [1.54, 1.807) is 18.2 Å². The van der Waals surface area contributed by atoms with Crippen molar-refractivity contribution >= 4 is 22.7 Å². The number of benzene rings is 1. The van der Waals surface area contributed by atoms with E-state index in [0.29, 0.717) is 36.0 Å². The number of rotatable bonds is 8. The normalized spacial score (nSPS) is 16.2. The summed E-state index contributed by atoms with van der Waals surface area (Å²) in [6, 6.07) is 8.65. The molecule has 0 saturated heterocycles. The second-order valence-corrected chi connectivity index (χ2v) is 8.26. The van der Waals surface area contributed by atoms with Crippen LogP contribution in [0.4, 0.5) is 5.82 Å². The molecular formula is C21H26N4O3. The van der Waals surface area contributed by atoms with Gasteiger partial charge >= 0.3 is 5.76 Å². The number of hydrogen-bond donors (Lipinski definition) is 2. The van der Waals surface area contributed by atoms with Crippen molar-refractivity contribution in [1.82, 2.24) is 10.3 Å². The zero-order valence-electron chi connectivity index (χ0n) is 16.5. The summed E-state index contributed by atoms with van der Waals surface area (Å²) in [6.07, 6.45) is 3.69. The molecule has 1 unspecified atom stereocenters. The van der Waals surface area contributed by atoms with Crippen LogP contribution in [0.15, 0.2) is 33.5 Å². The molecule has 1 amide bonds. The van der Waals surface area contributed by atoms with Crippen molar-refractivity contribution in [2.75, 3.05) is 5.32 Å². The summed E-state index contributed by atoms with van der Waals surface area (Å²) in [5, 5.41) is 15.9. The first kappa shape index (κ1) is 19.9. The van der Waals surface area contributed by atoms with Crippen LogP contribution >= 0.6 is 0 Å². The first-order valence-corrected chi connectivity index (χ1v) is 9.67. The van der Waals surface area contributed by atoms with Crippen LogP contribution in [0.2, 0.25) is 0 Å². The van der Waals surface area contributed by atoms with Crippen LogP contribution in [0, 0.1) is 16.7 Å². The molecule has 0 aliphatic heterocycles. The Balaban J connectivity index is 1.87. The Morgan fingerprint density at radius 3 is 2.75 bits per heavy atom. The Hall–Kier alpha value is -2.88. The summed E-state index contributed by atoms with van der Waals surface area (Å²) in [5.41, 5.74) is -0.255. The molecule has 1 heterocycles. The number of para-hydroxylation sites is 1. The highest BCUT2D eigenvalue weighted by molar-refractivity contribution is 5.91. The number of nitrogens with zero attached hydrogens (tertiary/aromatic N) is 2. The van der Waals surface area contributed by atoms with Gasteiger partial charge in [-0.25, -0.2) is 4.79 Å². The fourth-order valence-corrected chi connectivity index (χ4v) is 2.99. The first-order chi connectivity index (χ1) is 13.3. The minimum Gasteiger partial charge on any atom is -0.408 e. The quantitative estimate of drug-likeness (QED) is 0.725. The van der Waals surface area contributed by atoms with Crippen LogP contribution in [0.5, 0.6) is 0 Å². The van der Waals surface area contributed by atoms with Crippen molar-refractivity contribution in [2.24, 2.45) is 5.41 Å². The topological polar surface area (TPSA) is 108 Å². The van der Waals surface area contributed by atoms with Crippen LogP contribution in [0.3, 0.4) is 0 Å². The minimum absolute atomic E-state index is 0.0813. The zero-order chi connectivity index (χ0) is 20.4. The van der Waals surface area contributed by atoms with Gasteiger partial charge in [0.15, 0.2) is 0 Å². The van der Waals surface area contributed by atoms with Gasteiger partial charge in [0.05, 0.1) is 11.5 Å². The van der Waals surface area contributed by atoms with Gasteiger partial charge in [-0.05, 0) is 43.2 Å². The maximum absolute atomic E-state index is 12.9. The SMILES string of the molecule is CCC(C)(C)CCC(Nc1nc(=O)oc2ccccc12)C(=O)NC1(C#N)CC1. The first-order valence-electron chi connectivity index (χ1n) is 9.67. The summed E-state index contributed by atoms with van der Waals surface area (Å²) in [6.45, 7) is 6.43. The average molecular weight is 382 g/mol. The molecule has 0 bridgehead atoms. The predicted molar refractivity (Wildman–Crippen MR) is 107 cm³/mol. The van der Waals surface area contributed by atoms with Crippen molar-refractivity contribution in [3.8, 4) is 6.07 Å². The van der Waals surface area contributed by atoms with Crippen molar-refractivity contribution in [3.63, 3.8) is 0 Å². The Morgan fingerprint density at radius 1 is 1.39 bits per heavy atom. The maximum Gasteiger partial charge on any atom is 0.441 e. The van der Waals surface area contributed by atoms with E-state index in [2.05, 4.69) is 42.5 Å². The molecule has 28 heavy (non-hydrogen) atoms. The molecule has 148 valence electrons. The van der Waals surface area contributed by atoms with Crippen LogP contribution in [0.25, 0.3) is 11.0 Å². The number of fused-ring (bicyclic) bond motifs is 1. The lowest BCUT2D eigenvalue weighted by Crippen LogP contribution is -2.46. The van der Waals surface area contributed by atoms with Gasteiger partial charge in [-0.2, -0.15) is 10.2 Å². The third kappa shape index (κ3) is 4.50. The van der Waals surface area contributed by atoms with Crippen molar-refractivity contribution in [1.29, 1.82) is 5.26 Å². The molecule has 1 aromatic carbocycles. The highest BCUT2D eigenvalue weighted by Crippen LogP contribution is 2.35. The highest BCUT2D eigenvalue weighted by atomic mass is 16.4. The molecule has 1 fully saturated rings. The molecule has 3 rings (SSSR count). The largest absolute Gasteiger partial charge is 0.441 e. The van der Waals surface area contributed by atoms with Gasteiger partial charge in [0.1, 0.15) is 23.0 Å². The van der Waals surface area contributed by atoms with E-state index in [9.17, 15) is 14.9 Å². The second kappa shape index (κ2) is 7.63. The molecule has 7 heteroatoms. The van der Waals surface area contributed by atoms with Crippen LogP contribution < -0.4 is 16.4 Å². The summed E-state index contributed by atoms with van der Waals surface area (Å²) >= 11 is 0. The molecule has 7 nitrogen and oxygen atoms in total. The number of anilines is 1. The van der Waals surface area contributed by atoms with Gasteiger partial charge in [-0.1, -0.05) is 39.3 Å². The van der Waals surface area contributed by atoms with E-state index in [-0.39, 0.29) is 11.3 Å². The molecule has 0 radical (unpaired) electrons. The molecule has 0 spiro atoms. The number of amides is 1. The lowest BCUT2D eigenvalue weighted by atomic mass is 9.83. The Bertz CT molecular complexity index is 970. The van der Waals surface area contributed by atoms with Gasteiger partial charge in [0.2, 0.25) is 5.91 Å². The fourth-order valence-electron chi connectivity index (χ4n) is 2.99. The number of carbonyl (C=O) groups is 1. The van der Waals surface area contributed by atoms with E-state index in [4.69, 9.17) is 4.42 Å². The Kier molecular flexibility index (Phi) is 5.41. The highest BCUT2D eigenvalue weighted by Gasteiger charge is 2.45. The minimum atomic E-state index is -0.748. The fraction of sp³-hybridized carbons (Fsp3) is 0.524. The molecule has 1 aliphatic carbocycles.